The molecule has 1 heterocycles. The number of ether oxygens (including phenoxy) is 1. The molecule has 1 aliphatic carbocycles. The van der Waals surface area contributed by atoms with Gasteiger partial charge in [-0.25, -0.2) is 9.89 Å². The fourth-order valence-corrected chi connectivity index (χ4v) is 2.24. The van der Waals surface area contributed by atoms with E-state index in [9.17, 15) is 9.59 Å². The molecule has 1 aliphatic rings. The molecule has 0 unspecified atom stereocenters. The Kier molecular flexibility index (Phi) is 4.22. The van der Waals surface area contributed by atoms with Crippen LogP contribution in [0.5, 0.6) is 5.75 Å². The van der Waals surface area contributed by atoms with Crippen LogP contribution in [0.3, 0.4) is 0 Å². The van der Waals surface area contributed by atoms with Gasteiger partial charge in [0.15, 0.2) is 0 Å². The number of carbonyl (C=O) groups is 1. The van der Waals surface area contributed by atoms with Crippen molar-refractivity contribution >= 4 is 5.91 Å². The van der Waals surface area contributed by atoms with Gasteiger partial charge in [0.25, 0.3) is 5.91 Å². The van der Waals surface area contributed by atoms with Crippen LogP contribution in [0.2, 0.25) is 0 Å². The molecule has 1 aromatic carbocycles. The lowest BCUT2D eigenvalue weighted by molar-refractivity contribution is 0.0928. The first-order valence-corrected chi connectivity index (χ1v) is 7.40. The molecule has 1 saturated carbocycles. The fraction of sp³-hybridized carbons (Fsp3) is 0.400. The van der Waals surface area contributed by atoms with E-state index in [-0.39, 0.29) is 17.7 Å². The van der Waals surface area contributed by atoms with Gasteiger partial charge in [0.05, 0.1) is 11.7 Å². The molecular weight excluding hydrogens is 284 g/mol. The van der Waals surface area contributed by atoms with Crippen molar-refractivity contribution in [3.8, 4) is 5.75 Å². The van der Waals surface area contributed by atoms with E-state index >= 15 is 0 Å². The van der Waals surface area contributed by atoms with Crippen LogP contribution in [-0.2, 0) is 6.42 Å². The zero-order chi connectivity index (χ0) is 15.4. The van der Waals surface area contributed by atoms with Crippen molar-refractivity contribution in [2.24, 2.45) is 0 Å². The van der Waals surface area contributed by atoms with Gasteiger partial charge >= 0.3 is 5.69 Å². The number of aromatic amines is 2. The Morgan fingerprint density at radius 3 is 2.86 bits per heavy atom. The van der Waals surface area contributed by atoms with Gasteiger partial charge in [-0.2, -0.15) is 5.10 Å². The van der Waals surface area contributed by atoms with Gasteiger partial charge in [-0.3, -0.25) is 9.78 Å². The van der Waals surface area contributed by atoms with E-state index in [1.165, 1.54) is 6.42 Å². The Morgan fingerprint density at radius 2 is 2.18 bits per heavy atom. The molecule has 7 nitrogen and oxygen atoms in total. The second kappa shape index (κ2) is 6.46. The Labute approximate surface area is 127 Å². The highest BCUT2D eigenvalue weighted by Crippen LogP contribution is 2.27. The number of benzene rings is 1. The summed E-state index contributed by atoms with van der Waals surface area (Å²) in [4.78, 5) is 25.7. The minimum Gasteiger partial charge on any atom is -0.490 e. The third-order valence-corrected chi connectivity index (χ3v) is 3.68. The highest BCUT2D eigenvalue weighted by atomic mass is 16.5. The van der Waals surface area contributed by atoms with Crippen molar-refractivity contribution in [1.29, 1.82) is 0 Å². The SMILES string of the molecule is O=C(NCCc1n[nH]c(=O)[nH]1)c1ccccc1OC1CCC1. The molecule has 7 heteroatoms. The smallest absolute Gasteiger partial charge is 0.340 e. The van der Waals surface area contributed by atoms with Crippen molar-refractivity contribution in [1.82, 2.24) is 20.5 Å². The standard InChI is InChI=1S/C15H18N4O3/c20-14(16-9-8-13-17-15(21)19-18-13)11-6-1-2-7-12(11)22-10-4-3-5-10/h1-2,6-7,10H,3-5,8-9H2,(H,16,20)(H2,17,18,19,21). The summed E-state index contributed by atoms with van der Waals surface area (Å²) in [7, 11) is 0. The van der Waals surface area contributed by atoms with Gasteiger partial charge in [0.1, 0.15) is 11.6 Å². The molecule has 1 aromatic heterocycles. The molecule has 3 rings (SSSR count). The number of rotatable bonds is 6. The summed E-state index contributed by atoms with van der Waals surface area (Å²) < 4.78 is 5.84. The summed E-state index contributed by atoms with van der Waals surface area (Å²) in [5, 5.41) is 8.89. The molecule has 22 heavy (non-hydrogen) atoms. The van der Waals surface area contributed by atoms with Crippen LogP contribution in [0.25, 0.3) is 0 Å². The number of carbonyl (C=O) groups excluding carboxylic acids is 1. The van der Waals surface area contributed by atoms with Gasteiger partial charge in [-0.05, 0) is 31.4 Å². The van der Waals surface area contributed by atoms with E-state index in [0.29, 0.717) is 30.1 Å². The van der Waals surface area contributed by atoms with Gasteiger partial charge in [0, 0.05) is 13.0 Å². The topological polar surface area (TPSA) is 99.9 Å². The molecule has 0 aliphatic heterocycles. The second-order valence-corrected chi connectivity index (χ2v) is 5.30. The summed E-state index contributed by atoms with van der Waals surface area (Å²) in [6, 6.07) is 7.24. The van der Waals surface area contributed by atoms with Gasteiger partial charge < -0.3 is 10.1 Å². The monoisotopic (exact) mass is 302 g/mol. The minimum atomic E-state index is -0.347. The number of hydrogen-bond acceptors (Lipinski definition) is 4. The van der Waals surface area contributed by atoms with E-state index in [4.69, 9.17) is 4.74 Å². The second-order valence-electron chi connectivity index (χ2n) is 5.30. The van der Waals surface area contributed by atoms with Crippen LogP contribution in [0.4, 0.5) is 0 Å². The lowest BCUT2D eigenvalue weighted by atomic mass is 9.96. The van der Waals surface area contributed by atoms with Gasteiger partial charge in [-0.15, -0.1) is 0 Å². The first-order chi connectivity index (χ1) is 10.7. The largest absolute Gasteiger partial charge is 0.490 e. The molecule has 0 saturated heterocycles. The molecule has 1 fully saturated rings. The average Bonchev–Trinajstić information content (AvgIpc) is 2.89. The maximum Gasteiger partial charge on any atom is 0.340 e. The van der Waals surface area contributed by atoms with Crippen molar-refractivity contribution in [2.45, 2.75) is 31.8 Å². The van der Waals surface area contributed by atoms with Crippen LogP contribution in [0.15, 0.2) is 29.1 Å². The average molecular weight is 302 g/mol. The third kappa shape index (κ3) is 3.36. The summed E-state index contributed by atoms with van der Waals surface area (Å²) >= 11 is 0. The predicted octanol–water partition coefficient (Wildman–Crippen LogP) is 1.00. The molecule has 3 N–H and O–H groups in total. The number of hydrogen-bond donors (Lipinski definition) is 3. The van der Waals surface area contributed by atoms with E-state index in [1.54, 1.807) is 6.07 Å². The Bertz CT molecular complexity index is 703. The van der Waals surface area contributed by atoms with Crippen molar-refractivity contribution in [2.75, 3.05) is 6.54 Å². The molecule has 0 radical (unpaired) electrons. The molecule has 0 atom stereocenters. The minimum absolute atomic E-state index is 0.187. The lowest BCUT2D eigenvalue weighted by Crippen LogP contribution is -2.29. The normalized spacial score (nSPS) is 14.4. The highest BCUT2D eigenvalue weighted by Gasteiger charge is 2.21. The summed E-state index contributed by atoms with van der Waals surface area (Å²) in [5.74, 6) is 0.954. The number of nitrogens with one attached hydrogen (secondary N) is 3. The van der Waals surface area contributed by atoms with Crippen molar-refractivity contribution < 1.29 is 9.53 Å². The summed E-state index contributed by atoms with van der Waals surface area (Å²) in [6.07, 6.45) is 3.95. The summed E-state index contributed by atoms with van der Waals surface area (Å²) in [5.41, 5.74) is 0.186. The molecular formula is C15H18N4O3. The molecule has 2 aromatic rings. The van der Waals surface area contributed by atoms with Crippen LogP contribution in [-0.4, -0.2) is 33.7 Å². The van der Waals surface area contributed by atoms with Crippen molar-refractivity contribution in [3.63, 3.8) is 0 Å². The number of H-pyrrole nitrogens is 2. The quantitative estimate of drug-likeness (QED) is 0.741. The Balaban J connectivity index is 1.58. The first-order valence-electron chi connectivity index (χ1n) is 7.40. The van der Waals surface area contributed by atoms with E-state index in [1.807, 2.05) is 18.2 Å². The van der Waals surface area contributed by atoms with Crippen LogP contribution in [0.1, 0.15) is 35.4 Å². The Morgan fingerprint density at radius 1 is 1.36 bits per heavy atom. The third-order valence-electron chi connectivity index (χ3n) is 3.68. The number of aromatic nitrogens is 3. The molecule has 0 bridgehead atoms. The fourth-order valence-electron chi connectivity index (χ4n) is 2.24. The number of nitrogens with zero attached hydrogens (tertiary/aromatic N) is 1. The molecule has 0 spiro atoms. The number of amides is 1. The predicted molar refractivity (Wildman–Crippen MR) is 80.0 cm³/mol. The lowest BCUT2D eigenvalue weighted by Gasteiger charge is -2.27. The highest BCUT2D eigenvalue weighted by molar-refractivity contribution is 5.96. The first kappa shape index (κ1) is 14.4. The summed E-state index contributed by atoms with van der Waals surface area (Å²) in [6.45, 7) is 0.386. The van der Waals surface area contributed by atoms with Gasteiger partial charge in [0.2, 0.25) is 0 Å². The van der Waals surface area contributed by atoms with Crippen LogP contribution in [0, 0.1) is 0 Å². The zero-order valence-corrected chi connectivity index (χ0v) is 12.1. The molecule has 1 amide bonds. The Hall–Kier alpha value is -2.57. The van der Waals surface area contributed by atoms with Crippen LogP contribution >= 0.6 is 0 Å². The number of para-hydroxylation sites is 1. The maximum absolute atomic E-state index is 12.3. The molecule has 116 valence electrons. The zero-order valence-electron chi connectivity index (χ0n) is 12.1. The van der Waals surface area contributed by atoms with E-state index in [2.05, 4.69) is 20.5 Å². The van der Waals surface area contributed by atoms with Crippen LogP contribution < -0.4 is 15.7 Å². The van der Waals surface area contributed by atoms with E-state index < -0.39 is 0 Å². The van der Waals surface area contributed by atoms with E-state index in [0.717, 1.165) is 12.8 Å². The van der Waals surface area contributed by atoms with Crippen molar-refractivity contribution in [3.05, 3.63) is 46.1 Å². The van der Waals surface area contributed by atoms with Gasteiger partial charge in [-0.1, -0.05) is 12.1 Å². The maximum atomic E-state index is 12.3.